The number of carbonyl (C=O) groups excluding carboxylic acids is 1. The van der Waals surface area contributed by atoms with Crippen molar-refractivity contribution in [2.45, 2.75) is 25.0 Å². The lowest BCUT2D eigenvalue weighted by Crippen LogP contribution is -2.44. The first-order valence-corrected chi connectivity index (χ1v) is 4.66. The van der Waals surface area contributed by atoms with Crippen LogP contribution in [0.1, 0.15) is 13.8 Å². The van der Waals surface area contributed by atoms with E-state index in [1.165, 1.54) is 0 Å². The third-order valence-electron chi connectivity index (χ3n) is 2.42. The molecular weight excluding hydrogens is 211 g/mol. The lowest BCUT2D eigenvalue weighted by Gasteiger charge is -2.34. The van der Waals surface area contributed by atoms with E-state index in [-0.39, 0.29) is 15.8 Å². The van der Waals surface area contributed by atoms with Crippen LogP contribution in [0.25, 0.3) is 0 Å². The molecule has 0 amide bonds. The normalized spacial score (nSPS) is 43.2. The number of Topliss-reactive ketones (excluding diaryl/α,β-unsaturated/α-hetero) is 1. The highest BCUT2D eigenvalue weighted by Crippen LogP contribution is 2.46. The van der Waals surface area contributed by atoms with Crippen LogP contribution in [0.15, 0.2) is 22.2 Å². The quantitative estimate of drug-likeness (QED) is 0.584. The predicted octanol–water partition coefficient (Wildman–Crippen LogP) is 2.36. The molecule has 0 unspecified atom stereocenters. The average Bonchev–Trinajstić information content (AvgIpc) is 2.38. The first-order chi connectivity index (χ1) is 5.89. The van der Waals surface area contributed by atoms with E-state index in [4.69, 9.17) is 27.9 Å². The van der Waals surface area contributed by atoms with Crippen molar-refractivity contribution in [3.8, 4) is 0 Å². The van der Waals surface area contributed by atoms with Gasteiger partial charge >= 0.3 is 0 Å². The maximum Gasteiger partial charge on any atom is 0.210 e. The van der Waals surface area contributed by atoms with Gasteiger partial charge in [0.1, 0.15) is 16.2 Å². The minimum atomic E-state index is -0.926. The summed E-state index contributed by atoms with van der Waals surface area (Å²) in [6.45, 7) is 3.47. The Morgan fingerprint density at radius 3 is 2.38 bits per heavy atom. The number of carbonyl (C=O) groups is 1. The van der Waals surface area contributed by atoms with Crippen LogP contribution in [0.4, 0.5) is 0 Å². The van der Waals surface area contributed by atoms with Crippen molar-refractivity contribution in [2.24, 2.45) is 0 Å². The summed E-state index contributed by atoms with van der Waals surface area (Å²) in [7, 11) is 0. The molecule has 0 aliphatic carbocycles. The number of ether oxygens (including phenoxy) is 1. The van der Waals surface area contributed by atoms with Crippen molar-refractivity contribution in [1.82, 2.24) is 0 Å². The van der Waals surface area contributed by atoms with Gasteiger partial charge < -0.3 is 4.74 Å². The van der Waals surface area contributed by atoms with Crippen LogP contribution >= 0.6 is 23.2 Å². The zero-order valence-corrected chi connectivity index (χ0v) is 8.74. The van der Waals surface area contributed by atoms with E-state index in [9.17, 15) is 4.79 Å². The van der Waals surface area contributed by atoms with Gasteiger partial charge in [0.2, 0.25) is 5.78 Å². The number of fused-ring (bicyclic) bond motifs is 2. The van der Waals surface area contributed by atoms with Crippen molar-refractivity contribution in [1.29, 1.82) is 0 Å². The van der Waals surface area contributed by atoms with E-state index in [0.29, 0.717) is 0 Å². The highest BCUT2D eigenvalue weighted by Gasteiger charge is 2.52. The second-order valence-electron chi connectivity index (χ2n) is 3.61. The zero-order chi connectivity index (χ0) is 9.85. The molecule has 0 saturated heterocycles. The minimum absolute atomic E-state index is 0.0860. The molecule has 70 valence electrons. The Balaban J connectivity index is 2.64. The summed E-state index contributed by atoms with van der Waals surface area (Å²) in [5, 5.41) is 0.355. The average molecular weight is 219 g/mol. The molecule has 0 aromatic carbocycles. The summed E-state index contributed by atoms with van der Waals surface area (Å²) >= 11 is 11.7. The van der Waals surface area contributed by atoms with Gasteiger partial charge in [-0.25, -0.2) is 0 Å². The molecular formula is C9H8Cl2O2. The van der Waals surface area contributed by atoms with Crippen molar-refractivity contribution < 1.29 is 9.53 Å². The maximum atomic E-state index is 11.6. The number of rotatable bonds is 0. The summed E-state index contributed by atoms with van der Waals surface area (Å²) in [4.78, 5) is 11.6. The molecule has 2 nitrogen and oxygen atoms in total. The Bertz CT molecular complexity index is 359. The minimum Gasteiger partial charge on any atom is -0.347 e. The van der Waals surface area contributed by atoms with Crippen LogP contribution in [0, 0.1) is 0 Å². The highest BCUT2D eigenvalue weighted by molar-refractivity contribution is 6.50. The molecule has 2 atom stereocenters. The van der Waals surface area contributed by atoms with Gasteiger partial charge in [-0.3, -0.25) is 4.79 Å². The number of hydrogen-bond acceptors (Lipinski definition) is 2. The van der Waals surface area contributed by atoms with Gasteiger partial charge in [0, 0.05) is 0 Å². The zero-order valence-electron chi connectivity index (χ0n) is 7.23. The van der Waals surface area contributed by atoms with E-state index in [2.05, 4.69) is 0 Å². The van der Waals surface area contributed by atoms with Gasteiger partial charge in [-0.15, -0.1) is 0 Å². The Hall–Kier alpha value is -0.310. The molecule has 13 heavy (non-hydrogen) atoms. The van der Waals surface area contributed by atoms with Crippen LogP contribution in [-0.4, -0.2) is 17.0 Å². The summed E-state index contributed by atoms with van der Waals surface area (Å²) in [6.07, 6.45) is 3.47. The van der Waals surface area contributed by atoms with Gasteiger partial charge in [-0.1, -0.05) is 23.2 Å². The molecule has 0 spiro atoms. The Kier molecular flexibility index (Phi) is 1.69. The van der Waals surface area contributed by atoms with Crippen LogP contribution in [0.3, 0.4) is 0 Å². The topological polar surface area (TPSA) is 26.3 Å². The number of hydrogen-bond donors (Lipinski definition) is 0. The molecule has 2 heterocycles. The maximum absolute atomic E-state index is 11.6. The third-order valence-corrected chi connectivity index (χ3v) is 3.44. The molecule has 2 rings (SSSR count). The fourth-order valence-corrected chi connectivity index (χ4v) is 2.16. The molecule has 2 aliphatic heterocycles. The molecule has 0 N–H and O–H groups in total. The largest absolute Gasteiger partial charge is 0.347 e. The monoisotopic (exact) mass is 218 g/mol. The van der Waals surface area contributed by atoms with Gasteiger partial charge in [-0.05, 0) is 26.0 Å². The van der Waals surface area contributed by atoms with E-state index < -0.39 is 11.2 Å². The van der Waals surface area contributed by atoms with Gasteiger partial charge in [0.15, 0.2) is 0 Å². The van der Waals surface area contributed by atoms with Crippen LogP contribution in [0.5, 0.6) is 0 Å². The van der Waals surface area contributed by atoms with E-state index in [0.717, 1.165) is 0 Å². The third kappa shape index (κ3) is 1.03. The Labute approximate surface area is 86.1 Å². The lowest BCUT2D eigenvalue weighted by atomic mass is 9.99. The second-order valence-corrected chi connectivity index (χ2v) is 4.36. The van der Waals surface area contributed by atoms with Crippen molar-refractivity contribution in [3.63, 3.8) is 0 Å². The number of halogens is 2. The fourth-order valence-electron chi connectivity index (χ4n) is 1.60. The summed E-state index contributed by atoms with van der Waals surface area (Å²) in [5.41, 5.74) is -1.65. The van der Waals surface area contributed by atoms with E-state index >= 15 is 0 Å². The predicted molar refractivity (Wildman–Crippen MR) is 50.8 cm³/mol. The smallest absolute Gasteiger partial charge is 0.210 e. The van der Waals surface area contributed by atoms with Crippen molar-refractivity contribution >= 4 is 29.0 Å². The first kappa shape index (κ1) is 9.25. The fraction of sp³-hybridized carbons (Fsp3) is 0.444. The van der Waals surface area contributed by atoms with Crippen molar-refractivity contribution in [3.05, 3.63) is 22.2 Å². The standard InChI is InChI=1S/C9H8Cl2O2/c1-8-3-4-9(2,13-8)7(12)5(10)6(8)11/h3-4H,1-2H3/t8-,9+/m1/s1. The molecule has 0 aromatic heterocycles. The highest BCUT2D eigenvalue weighted by atomic mass is 35.5. The van der Waals surface area contributed by atoms with Gasteiger partial charge in [-0.2, -0.15) is 0 Å². The summed E-state index contributed by atoms with van der Waals surface area (Å²) in [6, 6.07) is 0. The van der Waals surface area contributed by atoms with Gasteiger partial charge in [0.05, 0.1) is 5.03 Å². The SMILES string of the molecule is C[C@]12C=C[C@](C)(O1)C(=O)C(Cl)=C2Cl. The molecule has 0 radical (unpaired) electrons. The molecule has 0 fully saturated rings. The second kappa shape index (κ2) is 2.38. The molecule has 0 saturated carbocycles. The summed E-state index contributed by atoms with van der Waals surface area (Å²) < 4.78 is 5.53. The number of ketones is 1. The molecule has 2 aliphatic rings. The summed E-state index contributed by atoms with van der Waals surface area (Å²) in [5.74, 6) is -0.273. The molecule has 0 aromatic rings. The first-order valence-electron chi connectivity index (χ1n) is 3.90. The Morgan fingerprint density at radius 2 is 1.77 bits per heavy atom. The van der Waals surface area contributed by atoms with E-state index in [1.807, 2.05) is 0 Å². The lowest BCUT2D eigenvalue weighted by molar-refractivity contribution is -0.140. The van der Waals surface area contributed by atoms with E-state index in [1.54, 1.807) is 26.0 Å². The molecule has 2 bridgehead atoms. The Morgan fingerprint density at radius 1 is 1.23 bits per heavy atom. The van der Waals surface area contributed by atoms with Crippen LogP contribution < -0.4 is 0 Å². The van der Waals surface area contributed by atoms with Gasteiger partial charge in [0.25, 0.3) is 0 Å². The van der Waals surface area contributed by atoms with Crippen LogP contribution in [0.2, 0.25) is 0 Å². The van der Waals surface area contributed by atoms with Crippen molar-refractivity contribution in [2.75, 3.05) is 0 Å². The van der Waals surface area contributed by atoms with Crippen LogP contribution in [-0.2, 0) is 9.53 Å². The molecule has 4 heteroatoms.